The fourth-order valence-electron chi connectivity index (χ4n) is 4.05. The number of nitrogens with zero attached hydrogens (tertiary/aromatic N) is 3. The Hall–Kier alpha value is -2.68. The second-order valence-corrected chi connectivity index (χ2v) is 8.85. The minimum atomic E-state index is -4.50. The first kappa shape index (κ1) is 21.5. The van der Waals surface area contributed by atoms with Crippen LogP contribution < -0.4 is 5.56 Å². The largest absolute Gasteiger partial charge is 0.416 e. The van der Waals surface area contributed by atoms with Crippen LogP contribution in [0.1, 0.15) is 51.4 Å². The monoisotopic (exact) mass is 449 g/mol. The molecule has 3 aromatic rings. The fraction of sp³-hybridized carbons (Fsp3) is 0.409. The molecule has 9 heteroatoms. The maximum absolute atomic E-state index is 13.3. The summed E-state index contributed by atoms with van der Waals surface area (Å²) in [6.45, 7) is 2.13. The predicted molar refractivity (Wildman–Crippen MR) is 113 cm³/mol. The highest BCUT2D eigenvalue weighted by Gasteiger charge is 2.33. The molecule has 3 heterocycles. The molecular weight excluding hydrogens is 427 g/mol. The van der Waals surface area contributed by atoms with Crippen LogP contribution in [0.25, 0.3) is 10.2 Å². The Balaban J connectivity index is 1.70. The normalized spacial score (nSPS) is 14.4. The Bertz CT molecular complexity index is 1210. The first-order valence-electron chi connectivity index (χ1n) is 10.1. The van der Waals surface area contributed by atoms with Crippen LogP contribution in [0.5, 0.6) is 0 Å². The van der Waals surface area contributed by atoms with E-state index < -0.39 is 17.6 Å². The summed E-state index contributed by atoms with van der Waals surface area (Å²) in [5, 5.41) is 0.433. The van der Waals surface area contributed by atoms with Crippen molar-refractivity contribution >= 4 is 27.5 Å². The van der Waals surface area contributed by atoms with Gasteiger partial charge in [0.25, 0.3) is 11.5 Å². The number of halogens is 3. The minimum absolute atomic E-state index is 0.0227. The number of carbonyl (C=O) groups is 1. The van der Waals surface area contributed by atoms with E-state index in [1.54, 1.807) is 11.5 Å². The van der Waals surface area contributed by atoms with Gasteiger partial charge < -0.3 is 4.90 Å². The summed E-state index contributed by atoms with van der Waals surface area (Å²) in [6, 6.07) is 5.23. The Morgan fingerprint density at radius 3 is 2.71 bits per heavy atom. The summed E-state index contributed by atoms with van der Waals surface area (Å²) in [6.07, 6.45) is -0.848. The van der Waals surface area contributed by atoms with Crippen molar-refractivity contribution in [1.82, 2.24) is 14.5 Å². The van der Waals surface area contributed by atoms with Gasteiger partial charge in [0.1, 0.15) is 10.7 Å². The standard InChI is InChI=1S/C22H22F3N3O2S/c1-13-17-19(26-16-10-4-3-7-11-28(16)20(17)29)31-18(13)21(30)27(2)12-14-8-5-6-9-15(14)22(23,24)25/h5-6,8-9H,3-4,7,10-12H2,1-2H3. The Labute approximate surface area is 181 Å². The quantitative estimate of drug-likeness (QED) is 0.578. The smallest absolute Gasteiger partial charge is 0.337 e. The second-order valence-electron chi connectivity index (χ2n) is 7.85. The second kappa shape index (κ2) is 8.11. The summed E-state index contributed by atoms with van der Waals surface area (Å²) in [4.78, 5) is 32.9. The summed E-state index contributed by atoms with van der Waals surface area (Å²) in [5.74, 6) is 0.319. The average Bonchev–Trinajstić information content (AvgIpc) is 2.88. The number of fused-ring (bicyclic) bond motifs is 2. The number of aromatic nitrogens is 2. The molecule has 31 heavy (non-hydrogen) atoms. The van der Waals surface area contributed by atoms with Crippen LogP contribution in [0.2, 0.25) is 0 Å². The molecule has 0 fully saturated rings. The number of hydrogen-bond acceptors (Lipinski definition) is 4. The van der Waals surface area contributed by atoms with Crippen LogP contribution in [0.15, 0.2) is 29.1 Å². The summed E-state index contributed by atoms with van der Waals surface area (Å²) < 4.78 is 41.6. The Morgan fingerprint density at radius 1 is 1.23 bits per heavy atom. The van der Waals surface area contributed by atoms with Crippen molar-refractivity contribution in [2.45, 2.75) is 51.9 Å². The van der Waals surface area contributed by atoms with Crippen molar-refractivity contribution in [3.8, 4) is 0 Å². The number of benzene rings is 1. The predicted octanol–water partition coefficient (Wildman–Crippen LogP) is 4.78. The summed E-state index contributed by atoms with van der Waals surface area (Å²) in [7, 11) is 1.47. The van der Waals surface area contributed by atoms with E-state index in [9.17, 15) is 22.8 Å². The van der Waals surface area contributed by atoms with Gasteiger partial charge >= 0.3 is 6.18 Å². The van der Waals surface area contributed by atoms with Gasteiger partial charge in [0.05, 0.1) is 15.8 Å². The van der Waals surface area contributed by atoms with Crippen LogP contribution in [0, 0.1) is 6.92 Å². The average molecular weight is 449 g/mol. The third kappa shape index (κ3) is 3.98. The molecule has 0 unspecified atom stereocenters. The molecule has 1 aliphatic heterocycles. The molecule has 0 radical (unpaired) electrons. The van der Waals surface area contributed by atoms with Gasteiger partial charge in [0, 0.05) is 26.6 Å². The summed E-state index contributed by atoms with van der Waals surface area (Å²) in [5.41, 5.74) is -0.335. The number of rotatable bonds is 3. The van der Waals surface area contributed by atoms with Gasteiger partial charge in [-0.1, -0.05) is 24.6 Å². The van der Waals surface area contributed by atoms with E-state index >= 15 is 0 Å². The molecule has 0 bridgehead atoms. The van der Waals surface area contributed by atoms with Crippen molar-refractivity contribution in [1.29, 1.82) is 0 Å². The minimum Gasteiger partial charge on any atom is -0.337 e. The van der Waals surface area contributed by atoms with Crippen LogP contribution in [0.3, 0.4) is 0 Å². The molecule has 1 amide bonds. The zero-order valence-electron chi connectivity index (χ0n) is 17.3. The molecule has 0 N–H and O–H groups in total. The molecule has 4 rings (SSSR count). The highest BCUT2D eigenvalue weighted by atomic mass is 32.1. The number of aryl methyl sites for hydroxylation is 2. The van der Waals surface area contributed by atoms with Gasteiger partial charge in [-0.15, -0.1) is 11.3 Å². The molecule has 0 saturated heterocycles. The molecule has 0 spiro atoms. The number of carbonyl (C=O) groups excluding carboxylic acids is 1. The zero-order valence-corrected chi connectivity index (χ0v) is 18.1. The van der Waals surface area contributed by atoms with E-state index in [0.29, 0.717) is 27.2 Å². The number of hydrogen-bond donors (Lipinski definition) is 0. The molecule has 0 atom stereocenters. The van der Waals surface area contributed by atoms with Crippen LogP contribution in [0.4, 0.5) is 13.2 Å². The van der Waals surface area contributed by atoms with Crippen LogP contribution in [-0.4, -0.2) is 27.4 Å². The van der Waals surface area contributed by atoms with Gasteiger partial charge in [0.2, 0.25) is 0 Å². The fourth-order valence-corrected chi connectivity index (χ4v) is 5.23. The van der Waals surface area contributed by atoms with Crippen molar-refractivity contribution in [2.24, 2.45) is 0 Å². The van der Waals surface area contributed by atoms with E-state index in [1.807, 2.05) is 0 Å². The molecule has 2 aromatic heterocycles. The van der Waals surface area contributed by atoms with Gasteiger partial charge in [-0.2, -0.15) is 13.2 Å². The van der Waals surface area contributed by atoms with Gasteiger partial charge in [-0.3, -0.25) is 14.2 Å². The highest BCUT2D eigenvalue weighted by Crippen LogP contribution is 2.33. The lowest BCUT2D eigenvalue weighted by atomic mass is 10.1. The Morgan fingerprint density at radius 2 is 1.97 bits per heavy atom. The van der Waals surface area contributed by atoms with Crippen molar-refractivity contribution < 1.29 is 18.0 Å². The first-order chi connectivity index (χ1) is 14.7. The molecule has 164 valence electrons. The van der Waals surface area contributed by atoms with Crippen molar-refractivity contribution in [3.05, 3.63) is 62.0 Å². The highest BCUT2D eigenvalue weighted by molar-refractivity contribution is 7.20. The molecule has 0 saturated carbocycles. The SMILES string of the molecule is Cc1c(C(=O)N(C)Cc2ccccc2C(F)(F)F)sc2nc3n(c(=O)c12)CCCCC3. The van der Waals surface area contributed by atoms with E-state index in [1.165, 1.54) is 30.1 Å². The lowest BCUT2D eigenvalue weighted by Gasteiger charge is -2.20. The maximum atomic E-state index is 13.3. The van der Waals surface area contributed by atoms with E-state index in [2.05, 4.69) is 4.98 Å². The lowest BCUT2D eigenvalue weighted by molar-refractivity contribution is -0.138. The van der Waals surface area contributed by atoms with Gasteiger partial charge in [-0.05, 0) is 37.0 Å². The van der Waals surface area contributed by atoms with Crippen LogP contribution >= 0.6 is 11.3 Å². The first-order valence-corrected chi connectivity index (χ1v) is 10.9. The van der Waals surface area contributed by atoms with Crippen LogP contribution in [-0.2, 0) is 25.7 Å². The number of thiophene rings is 1. The van der Waals surface area contributed by atoms with E-state index in [-0.39, 0.29) is 17.7 Å². The molecule has 5 nitrogen and oxygen atoms in total. The molecule has 1 aliphatic rings. The maximum Gasteiger partial charge on any atom is 0.416 e. The topological polar surface area (TPSA) is 55.2 Å². The van der Waals surface area contributed by atoms with E-state index in [0.717, 1.165) is 48.9 Å². The van der Waals surface area contributed by atoms with E-state index in [4.69, 9.17) is 0 Å². The van der Waals surface area contributed by atoms with Crippen molar-refractivity contribution in [2.75, 3.05) is 7.05 Å². The van der Waals surface area contributed by atoms with Gasteiger partial charge in [0.15, 0.2) is 0 Å². The van der Waals surface area contributed by atoms with Gasteiger partial charge in [-0.25, -0.2) is 4.98 Å². The third-order valence-electron chi connectivity index (χ3n) is 5.68. The van der Waals surface area contributed by atoms with Crippen molar-refractivity contribution in [3.63, 3.8) is 0 Å². The zero-order chi connectivity index (χ0) is 22.3. The number of alkyl halides is 3. The molecular formula is C22H22F3N3O2S. The summed E-state index contributed by atoms with van der Waals surface area (Å²) >= 11 is 1.14. The third-order valence-corrected chi connectivity index (χ3v) is 6.86. The Kier molecular flexibility index (Phi) is 5.63. The molecule has 0 aliphatic carbocycles. The number of amides is 1. The molecule has 1 aromatic carbocycles. The lowest BCUT2D eigenvalue weighted by Crippen LogP contribution is -2.27.